The van der Waals surface area contributed by atoms with Gasteiger partial charge in [0.2, 0.25) is 5.91 Å². The van der Waals surface area contributed by atoms with Crippen molar-refractivity contribution in [3.05, 3.63) is 71.4 Å². The number of hydrogen-bond acceptors (Lipinski definition) is 5. The van der Waals surface area contributed by atoms with Gasteiger partial charge in [0, 0.05) is 36.5 Å². The van der Waals surface area contributed by atoms with Crippen LogP contribution in [0.1, 0.15) is 23.6 Å². The molecule has 2 aliphatic heterocycles. The smallest absolute Gasteiger partial charge is 0.416 e. The molecule has 2 amide bonds. The predicted molar refractivity (Wildman–Crippen MR) is 145 cm³/mol. The van der Waals surface area contributed by atoms with Gasteiger partial charge in [0.15, 0.2) is 19.7 Å². The summed E-state index contributed by atoms with van der Waals surface area (Å²) in [4.78, 5) is 30.3. The molecule has 2 N–H and O–H groups in total. The number of carbonyl (C=O) groups is 2. The first-order chi connectivity index (χ1) is 19.2. The van der Waals surface area contributed by atoms with Crippen molar-refractivity contribution in [2.75, 3.05) is 43.4 Å². The van der Waals surface area contributed by atoms with Crippen molar-refractivity contribution in [1.29, 1.82) is 0 Å². The van der Waals surface area contributed by atoms with E-state index in [1.807, 2.05) is 24.1 Å². The lowest BCUT2D eigenvalue weighted by molar-refractivity contribution is -0.536. The van der Waals surface area contributed by atoms with Crippen LogP contribution in [0.5, 0.6) is 5.75 Å². The maximum atomic E-state index is 13.9. The molecule has 0 aliphatic carbocycles. The molecular weight excluding hydrogens is 523 g/mol. The highest BCUT2D eigenvalue weighted by atomic mass is 19.4. The first-order valence-corrected chi connectivity index (χ1v) is 13.0. The third-order valence-electron chi connectivity index (χ3n) is 7.00. The highest BCUT2D eigenvalue weighted by molar-refractivity contribution is 5.98. The number of pyridine rings is 1. The number of alkyl halides is 3. The van der Waals surface area contributed by atoms with Gasteiger partial charge in [0.1, 0.15) is 17.8 Å². The standard InChI is InChI=1S/C29H28F3N5O3/c1-2-36-9-11-37(12-10-36)17-20-3-6-23(15-25(20)29(30,31)32)34-27(39)18-40-24-7-4-19(5-8-24)22-13-21-14-26(38)35-28(21)33-16-22/h2-8,13,15-16H,9-12,14,17-18H2,1H3,(H-,33,34,35,38,39)/p+1. The second-order valence-corrected chi connectivity index (χ2v) is 9.76. The fourth-order valence-corrected chi connectivity index (χ4v) is 4.83. The molecule has 8 nitrogen and oxygen atoms in total. The fourth-order valence-electron chi connectivity index (χ4n) is 4.83. The molecule has 3 aromatic rings. The van der Waals surface area contributed by atoms with Crippen LogP contribution in [0.4, 0.5) is 24.7 Å². The van der Waals surface area contributed by atoms with E-state index in [4.69, 9.17) is 4.74 Å². The average molecular weight is 553 g/mol. The quantitative estimate of drug-likeness (QED) is 0.430. The fraction of sp³-hybridized carbons (Fsp3) is 0.310. The van der Waals surface area contributed by atoms with Crippen LogP contribution >= 0.6 is 0 Å². The lowest BCUT2D eigenvalue weighted by Crippen LogP contribution is -2.41. The Hall–Kier alpha value is -4.25. The van der Waals surface area contributed by atoms with E-state index in [2.05, 4.69) is 20.2 Å². The second kappa shape index (κ2) is 11.5. The van der Waals surface area contributed by atoms with Crippen molar-refractivity contribution in [2.45, 2.75) is 26.1 Å². The van der Waals surface area contributed by atoms with Crippen LogP contribution in [0.2, 0.25) is 0 Å². The number of piperazine rings is 1. The Bertz CT molecular complexity index is 1440. The van der Waals surface area contributed by atoms with Crippen LogP contribution < -0.4 is 15.4 Å². The molecule has 208 valence electrons. The van der Waals surface area contributed by atoms with E-state index in [0.717, 1.165) is 35.8 Å². The predicted octanol–water partition coefficient (Wildman–Crippen LogP) is 4.20. The van der Waals surface area contributed by atoms with Crippen LogP contribution in [-0.2, 0) is 28.7 Å². The van der Waals surface area contributed by atoms with Gasteiger partial charge in [-0.1, -0.05) is 18.2 Å². The van der Waals surface area contributed by atoms with Crippen molar-refractivity contribution in [1.82, 2.24) is 9.88 Å². The number of hydrogen-bond donors (Lipinski definition) is 2. The summed E-state index contributed by atoms with van der Waals surface area (Å²) in [6.45, 7) is 4.69. The third-order valence-corrected chi connectivity index (χ3v) is 7.00. The number of rotatable bonds is 7. The number of carbonyl (C=O) groups excluding carboxylic acids is 2. The molecule has 2 aliphatic rings. The molecule has 0 spiro atoms. The molecule has 0 saturated carbocycles. The first-order valence-electron chi connectivity index (χ1n) is 13.0. The van der Waals surface area contributed by atoms with E-state index in [0.29, 0.717) is 24.7 Å². The number of anilines is 2. The second-order valence-electron chi connectivity index (χ2n) is 9.76. The molecule has 0 radical (unpaired) electrons. The minimum atomic E-state index is -4.55. The zero-order valence-corrected chi connectivity index (χ0v) is 21.9. The molecule has 5 rings (SSSR count). The van der Waals surface area contributed by atoms with E-state index in [9.17, 15) is 22.8 Å². The molecule has 3 heterocycles. The van der Waals surface area contributed by atoms with Crippen molar-refractivity contribution < 1.29 is 32.1 Å². The topological polar surface area (TPSA) is 86.6 Å². The van der Waals surface area contributed by atoms with E-state index in [-0.39, 0.29) is 36.7 Å². The van der Waals surface area contributed by atoms with Gasteiger partial charge in [0.05, 0.1) is 25.1 Å². The van der Waals surface area contributed by atoms with Gasteiger partial charge in [0.25, 0.3) is 5.91 Å². The molecule has 2 aromatic carbocycles. The highest BCUT2D eigenvalue weighted by Crippen LogP contribution is 2.35. The number of nitrogens with one attached hydrogen (secondary N) is 2. The third kappa shape index (κ3) is 6.48. The molecule has 0 bridgehead atoms. The molecule has 1 aromatic heterocycles. The summed E-state index contributed by atoms with van der Waals surface area (Å²) in [5, 5.41) is 5.20. The molecule has 0 unspecified atom stereocenters. The van der Waals surface area contributed by atoms with Crippen LogP contribution in [-0.4, -0.2) is 65.3 Å². The number of amides is 2. The van der Waals surface area contributed by atoms with Crippen molar-refractivity contribution >= 4 is 29.5 Å². The van der Waals surface area contributed by atoms with Gasteiger partial charge in [-0.15, -0.1) is 0 Å². The normalized spacial score (nSPS) is 15.4. The molecular formula is C29H29F3N5O3+. The van der Waals surface area contributed by atoms with E-state index in [1.54, 1.807) is 30.5 Å². The molecule has 11 heteroatoms. The summed E-state index contributed by atoms with van der Waals surface area (Å²) in [6, 6.07) is 12.8. The van der Waals surface area contributed by atoms with Gasteiger partial charge in [-0.2, -0.15) is 13.2 Å². The summed E-state index contributed by atoms with van der Waals surface area (Å²) >= 11 is 0. The number of halogens is 3. The number of ether oxygens (including phenoxy) is 1. The van der Waals surface area contributed by atoms with Gasteiger partial charge >= 0.3 is 6.18 Å². The monoisotopic (exact) mass is 552 g/mol. The zero-order valence-electron chi connectivity index (χ0n) is 21.9. The summed E-state index contributed by atoms with van der Waals surface area (Å²) in [7, 11) is 0. The van der Waals surface area contributed by atoms with E-state index in [1.165, 1.54) is 12.1 Å². The average Bonchev–Trinajstić information content (AvgIpc) is 3.32. The van der Waals surface area contributed by atoms with Crippen molar-refractivity contribution in [2.24, 2.45) is 0 Å². The van der Waals surface area contributed by atoms with Crippen LogP contribution in [0, 0.1) is 0 Å². The van der Waals surface area contributed by atoms with Gasteiger partial charge in [-0.25, -0.2) is 9.56 Å². The first kappa shape index (κ1) is 27.3. The maximum Gasteiger partial charge on any atom is 0.416 e. The van der Waals surface area contributed by atoms with Crippen LogP contribution in [0.3, 0.4) is 0 Å². The minimum absolute atomic E-state index is 0.0579. The number of nitrogens with zero attached hydrogens (tertiary/aromatic N) is 3. The Morgan fingerprint density at radius 3 is 2.58 bits per heavy atom. The van der Waals surface area contributed by atoms with E-state index >= 15 is 0 Å². The summed E-state index contributed by atoms with van der Waals surface area (Å²) in [5.74, 6) is 0.335. The number of aromatic nitrogens is 1. The maximum absolute atomic E-state index is 13.9. The largest absolute Gasteiger partial charge is 0.484 e. The van der Waals surface area contributed by atoms with Crippen LogP contribution in [0.15, 0.2) is 54.7 Å². The van der Waals surface area contributed by atoms with Gasteiger partial charge < -0.3 is 15.4 Å². The Morgan fingerprint density at radius 1 is 1.12 bits per heavy atom. The summed E-state index contributed by atoms with van der Waals surface area (Å²) in [6.07, 6.45) is -0.605. The minimum Gasteiger partial charge on any atom is -0.484 e. The Morgan fingerprint density at radius 2 is 1.88 bits per heavy atom. The summed E-state index contributed by atoms with van der Waals surface area (Å²) < 4.78 is 49.2. The van der Waals surface area contributed by atoms with Gasteiger partial charge in [-0.05, 0) is 41.5 Å². The van der Waals surface area contributed by atoms with Crippen molar-refractivity contribution in [3.63, 3.8) is 0 Å². The Balaban J connectivity index is 1.18. The molecule has 1 saturated heterocycles. The lowest BCUT2D eigenvalue weighted by Gasteiger charge is -2.26. The highest BCUT2D eigenvalue weighted by Gasteiger charge is 2.34. The van der Waals surface area contributed by atoms with Crippen molar-refractivity contribution in [3.8, 4) is 16.9 Å². The SMILES string of the molecule is CC=[N+]1CCN(Cc2ccc(NC(=O)COc3ccc(-c4cnc5c(c4)CC(=O)N5)cc3)cc2C(F)(F)F)CC1. The van der Waals surface area contributed by atoms with Crippen LogP contribution in [0.25, 0.3) is 11.1 Å². The molecule has 40 heavy (non-hydrogen) atoms. The zero-order chi connectivity index (χ0) is 28.3. The van der Waals surface area contributed by atoms with E-state index < -0.39 is 17.6 Å². The lowest BCUT2D eigenvalue weighted by atomic mass is 10.0. The molecule has 1 fully saturated rings. The molecule has 0 atom stereocenters. The summed E-state index contributed by atoms with van der Waals surface area (Å²) in [5.41, 5.74) is 2.00. The Labute approximate surface area is 229 Å². The number of benzene rings is 2. The Kier molecular flexibility index (Phi) is 7.83. The number of fused-ring (bicyclic) bond motifs is 1. The van der Waals surface area contributed by atoms with Gasteiger partial charge in [-0.3, -0.25) is 14.5 Å².